The van der Waals surface area contributed by atoms with E-state index in [9.17, 15) is 4.79 Å². The molecule has 0 aliphatic carbocycles. The van der Waals surface area contributed by atoms with Crippen molar-refractivity contribution in [3.63, 3.8) is 0 Å². The molecule has 0 N–H and O–H groups in total. The van der Waals surface area contributed by atoms with Crippen LogP contribution in [0.15, 0.2) is 49.1 Å². The molecule has 0 unspecified atom stereocenters. The molecular formula is C13H9ClO. The quantitative estimate of drug-likeness (QED) is 0.550. The monoisotopic (exact) mass is 216 g/mol. The van der Waals surface area contributed by atoms with Crippen LogP contribution in [-0.4, -0.2) is 5.78 Å². The van der Waals surface area contributed by atoms with Crippen LogP contribution in [0.4, 0.5) is 0 Å². The van der Waals surface area contributed by atoms with E-state index in [0.29, 0.717) is 10.6 Å². The number of ketones is 1. The first kappa shape index (κ1) is 9.94. The summed E-state index contributed by atoms with van der Waals surface area (Å²) in [7, 11) is 0. The Labute approximate surface area is 93.0 Å². The molecule has 0 bridgehead atoms. The first-order valence-corrected chi connectivity index (χ1v) is 4.96. The molecule has 0 saturated carbocycles. The molecule has 0 fully saturated rings. The molecule has 0 amide bonds. The molecule has 15 heavy (non-hydrogen) atoms. The van der Waals surface area contributed by atoms with Gasteiger partial charge in [0.25, 0.3) is 0 Å². The summed E-state index contributed by atoms with van der Waals surface area (Å²) in [5.74, 6) is -0.0807. The van der Waals surface area contributed by atoms with Gasteiger partial charge in [-0.2, -0.15) is 0 Å². The summed E-state index contributed by atoms with van der Waals surface area (Å²) in [6.07, 6.45) is 1.32. The third kappa shape index (κ3) is 1.66. The summed E-state index contributed by atoms with van der Waals surface area (Å²) in [6.45, 7) is 3.48. The predicted octanol–water partition coefficient (Wildman–Crippen LogP) is 3.86. The Morgan fingerprint density at radius 3 is 2.47 bits per heavy atom. The van der Waals surface area contributed by atoms with Crippen molar-refractivity contribution >= 4 is 28.2 Å². The summed E-state index contributed by atoms with van der Waals surface area (Å²) >= 11 is 6.04. The minimum absolute atomic E-state index is 0.0807. The van der Waals surface area contributed by atoms with Gasteiger partial charge in [-0.3, -0.25) is 4.79 Å². The molecule has 0 atom stereocenters. The number of hydrogen-bond donors (Lipinski definition) is 0. The van der Waals surface area contributed by atoms with E-state index in [0.717, 1.165) is 10.8 Å². The van der Waals surface area contributed by atoms with Crippen LogP contribution in [0.25, 0.3) is 10.8 Å². The van der Waals surface area contributed by atoms with Gasteiger partial charge in [0.1, 0.15) is 0 Å². The van der Waals surface area contributed by atoms with Crippen LogP contribution in [0.3, 0.4) is 0 Å². The Hall–Kier alpha value is -1.60. The zero-order chi connectivity index (χ0) is 10.8. The number of hydrogen-bond acceptors (Lipinski definition) is 1. The maximum absolute atomic E-state index is 11.6. The Kier molecular flexibility index (Phi) is 2.57. The van der Waals surface area contributed by atoms with E-state index in [2.05, 4.69) is 6.58 Å². The topological polar surface area (TPSA) is 17.1 Å². The number of benzene rings is 2. The molecule has 0 aliphatic rings. The lowest BCUT2D eigenvalue weighted by Crippen LogP contribution is -1.94. The fourth-order valence-corrected chi connectivity index (χ4v) is 1.81. The molecule has 2 rings (SSSR count). The summed E-state index contributed by atoms with van der Waals surface area (Å²) in [5, 5.41) is 2.42. The standard InChI is InChI=1S/C13H9ClO/c1-2-13(15)11-7-8-12(14)10-6-4-3-5-9(10)11/h2-8H,1H2. The zero-order valence-corrected chi connectivity index (χ0v) is 8.79. The minimum atomic E-state index is -0.0807. The predicted molar refractivity (Wildman–Crippen MR) is 63.5 cm³/mol. The molecule has 0 radical (unpaired) electrons. The van der Waals surface area contributed by atoms with Gasteiger partial charge in [-0.15, -0.1) is 0 Å². The van der Waals surface area contributed by atoms with Gasteiger partial charge in [0.05, 0.1) is 0 Å². The van der Waals surface area contributed by atoms with Crippen LogP contribution in [0.2, 0.25) is 5.02 Å². The van der Waals surface area contributed by atoms with Gasteiger partial charge in [0.15, 0.2) is 5.78 Å². The van der Waals surface area contributed by atoms with E-state index in [1.54, 1.807) is 12.1 Å². The summed E-state index contributed by atoms with van der Waals surface area (Å²) < 4.78 is 0. The molecule has 0 aliphatic heterocycles. The molecule has 1 nitrogen and oxygen atoms in total. The number of carbonyl (C=O) groups excluding carboxylic acids is 1. The fraction of sp³-hybridized carbons (Fsp3) is 0. The van der Waals surface area contributed by atoms with Crippen LogP contribution < -0.4 is 0 Å². The average Bonchev–Trinajstić information content (AvgIpc) is 2.29. The van der Waals surface area contributed by atoms with Crippen LogP contribution in [0.5, 0.6) is 0 Å². The lowest BCUT2D eigenvalue weighted by Gasteiger charge is -2.04. The lowest BCUT2D eigenvalue weighted by molar-refractivity contribution is 0.104. The highest BCUT2D eigenvalue weighted by Crippen LogP contribution is 2.26. The second-order valence-corrected chi connectivity index (χ2v) is 3.62. The van der Waals surface area contributed by atoms with Crippen LogP contribution in [-0.2, 0) is 0 Å². The first-order valence-electron chi connectivity index (χ1n) is 4.58. The highest BCUT2D eigenvalue weighted by Gasteiger charge is 2.08. The van der Waals surface area contributed by atoms with Crippen LogP contribution in [0.1, 0.15) is 10.4 Å². The molecule has 0 heterocycles. The molecule has 0 spiro atoms. The van der Waals surface area contributed by atoms with Crippen molar-refractivity contribution in [3.05, 3.63) is 59.6 Å². The second-order valence-electron chi connectivity index (χ2n) is 3.21. The van der Waals surface area contributed by atoms with Crippen molar-refractivity contribution in [1.29, 1.82) is 0 Å². The number of halogens is 1. The van der Waals surface area contributed by atoms with E-state index in [1.165, 1.54) is 6.08 Å². The Morgan fingerprint density at radius 1 is 1.13 bits per heavy atom. The van der Waals surface area contributed by atoms with E-state index in [-0.39, 0.29) is 5.78 Å². The van der Waals surface area contributed by atoms with Gasteiger partial charge in [0, 0.05) is 16.0 Å². The number of carbonyl (C=O) groups is 1. The van der Waals surface area contributed by atoms with Crippen molar-refractivity contribution < 1.29 is 4.79 Å². The molecular weight excluding hydrogens is 208 g/mol. The van der Waals surface area contributed by atoms with E-state index >= 15 is 0 Å². The highest BCUT2D eigenvalue weighted by molar-refractivity contribution is 6.36. The van der Waals surface area contributed by atoms with Crippen molar-refractivity contribution in [2.24, 2.45) is 0 Å². The maximum atomic E-state index is 11.6. The molecule has 2 aromatic carbocycles. The Morgan fingerprint density at radius 2 is 1.80 bits per heavy atom. The van der Waals surface area contributed by atoms with Crippen molar-refractivity contribution in [1.82, 2.24) is 0 Å². The van der Waals surface area contributed by atoms with Crippen molar-refractivity contribution in [3.8, 4) is 0 Å². The Bertz CT molecular complexity index is 543. The second kappa shape index (κ2) is 3.87. The van der Waals surface area contributed by atoms with Crippen molar-refractivity contribution in [2.45, 2.75) is 0 Å². The number of allylic oxidation sites excluding steroid dienone is 1. The van der Waals surface area contributed by atoms with Crippen molar-refractivity contribution in [2.75, 3.05) is 0 Å². The largest absolute Gasteiger partial charge is 0.289 e. The normalized spacial score (nSPS) is 10.2. The fourth-order valence-electron chi connectivity index (χ4n) is 1.59. The highest BCUT2D eigenvalue weighted by atomic mass is 35.5. The molecule has 0 saturated heterocycles. The third-order valence-corrected chi connectivity index (χ3v) is 2.65. The van der Waals surface area contributed by atoms with Crippen LogP contribution in [0, 0.1) is 0 Å². The summed E-state index contributed by atoms with van der Waals surface area (Å²) in [4.78, 5) is 11.6. The van der Waals surface area contributed by atoms with Gasteiger partial charge in [-0.25, -0.2) is 0 Å². The summed E-state index contributed by atoms with van der Waals surface area (Å²) in [6, 6.07) is 11.0. The van der Waals surface area contributed by atoms with E-state index in [1.807, 2.05) is 24.3 Å². The molecule has 74 valence electrons. The SMILES string of the molecule is C=CC(=O)c1ccc(Cl)c2ccccc12. The van der Waals surface area contributed by atoms with Gasteiger partial charge in [-0.1, -0.05) is 42.4 Å². The molecule has 2 heteroatoms. The van der Waals surface area contributed by atoms with Crippen LogP contribution >= 0.6 is 11.6 Å². The van der Waals surface area contributed by atoms with E-state index in [4.69, 9.17) is 11.6 Å². The lowest BCUT2D eigenvalue weighted by atomic mass is 10.0. The van der Waals surface area contributed by atoms with Gasteiger partial charge < -0.3 is 0 Å². The maximum Gasteiger partial charge on any atom is 0.185 e. The first-order chi connectivity index (χ1) is 7.24. The zero-order valence-electron chi connectivity index (χ0n) is 8.03. The van der Waals surface area contributed by atoms with Gasteiger partial charge in [0.2, 0.25) is 0 Å². The van der Waals surface area contributed by atoms with E-state index < -0.39 is 0 Å². The Balaban J connectivity index is 2.83. The minimum Gasteiger partial charge on any atom is -0.289 e. The number of fused-ring (bicyclic) bond motifs is 1. The van der Waals surface area contributed by atoms with Gasteiger partial charge >= 0.3 is 0 Å². The summed E-state index contributed by atoms with van der Waals surface area (Å²) in [5.41, 5.74) is 0.644. The molecule has 2 aromatic rings. The number of rotatable bonds is 2. The third-order valence-electron chi connectivity index (χ3n) is 2.32. The average molecular weight is 217 g/mol. The smallest absolute Gasteiger partial charge is 0.185 e. The molecule has 0 aromatic heterocycles. The van der Waals surface area contributed by atoms with Gasteiger partial charge in [-0.05, 0) is 23.6 Å².